The summed E-state index contributed by atoms with van der Waals surface area (Å²) >= 11 is 0. The molecular weight excluding hydrogens is 351 g/mol. The average molecular weight is 367 g/mol. The Balaban J connectivity index is 1.90. The third-order valence-electron chi connectivity index (χ3n) is 3.41. The minimum Gasteiger partial charge on any atom is -0.452 e. The van der Waals surface area contributed by atoms with Crippen LogP contribution < -0.4 is 4.74 Å². The fourth-order valence-electron chi connectivity index (χ4n) is 2.09. The van der Waals surface area contributed by atoms with E-state index in [1.54, 1.807) is 12.1 Å². The molecule has 0 atom stereocenters. The van der Waals surface area contributed by atoms with E-state index in [1.165, 1.54) is 42.3 Å². The van der Waals surface area contributed by atoms with Crippen molar-refractivity contribution in [3.8, 4) is 5.75 Å². The van der Waals surface area contributed by atoms with Crippen LogP contribution in [0.25, 0.3) is 0 Å². The van der Waals surface area contributed by atoms with Crippen molar-refractivity contribution < 1.29 is 32.2 Å². The maximum Gasteiger partial charge on any atom is 0.387 e. The number of carbonyl (C=O) groups excluding carboxylic acids is 2. The molecule has 0 aliphatic heterocycles. The lowest BCUT2D eigenvalue weighted by molar-refractivity contribution is -0.133. The van der Waals surface area contributed by atoms with Crippen LogP contribution in [0.2, 0.25) is 0 Å². The zero-order chi connectivity index (χ0) is 19.1. The maximum atomic E-state index is 13.6. The highest BCUT2D eigenvalue weighted by Gasteiger charge is 2.16. The Labute approximate surface area is 147 Å². The molecule has 0 aliphatic carbocycles. The Morgan fingerprint density at radius 3 is 2.54 bits per heavy atom. The van der Waals surface area contributed by atoms with Gasteiger partial charge in [0.15, 0.2) is 6.61 Å². The topological polar surface area (TPSA) is 55.8 Å². The molecule has 0 bridgehead atoms. The van der Waals surface area contributed by atoms with Crippen molar-refractivity contribution in [1.29, 1.82) is 0 Å². The van der Waals surface area contributed by atoms with Crippen LogP contribution in [0.5, 0.6) is 5.75 Å². The third kappa shape index (κ3) is 5.51. The highest BCUT2D eigenvalue weighted by atomic mass is 19.3. The number of carbonyl (C=O) groups is 2. The van der Waals surface area contributed by atoms with E-state index in [4.69, 9.17) is 4.74 Å². The van der Waals surface area contributed by atoms with Gasteiger partial charge in [-0.2, -0.15) is 8.78 Å². The second kappa shape index (κ2) is 8.89. The molecular formula is C18H16F3NO4. The monoisotopic (exact) mass is 367 g/mol. The van der Waals surface area contributed by atoms with E-state index in [9.17, 15) is 22.8 Å². The first-order valence-corrected chi connectivity index (χ1v) is 7.56. The predicted octanol–water partition coefficient (Wildman–Crippen LogP) is 3.24. The van der Waals surface area contributed by atoms with Crippen molar-refractivity contribution in [2.24, 2.45) is 0 Å². The number of esters is 1. The van der Waals surface area contributed by atoms with Gasteiger partial charge in [0.25, 0.3) is 5.91 Å². The standard InChI is InChI=1S/C18H16F3NO4/c1-22(10-13-5-2-3-8-15(13)19)16(23)11-25-17(24)12-6-4-7-14(9-12)26-18(20)21/h2-9,18H,10-11H2,1H3. The zero-order valence-corrected chi connectivity index (χ0v) is 13.8. The van der Waals surface area contributed by atoms with Gasteiger partial charge < -0.3 is 14.4 Å². The van der Waals surface area contributed by atoms with Crippen LogP contribution in [0.15, 0.2) is 48.5 Å². The molecule has 138 valence electrons. The molecule has 0 fully saturated rings. The fourth-order valence-corrected chi connectivity index (χ4v) is 2.09. The fraction of sp³-hybridized carbons (Fsp3) is 0.222. The minimum absolute atomic E-state index is 0.0147. The summed E-state index contributed by atoms with van der Waals surface area (Å²) in [5, 5.41) is 0. The number of nitrogens with zero attached hydrogens (tertiary/aromatic N) is 1. The summed E-state index contributed by atoms with van der Waals surface area (Å²) < 4.78 is 47.0. The van der Waals surface area contributed by atoms with Gasteiger partial charge in [-0.3, -0.25) is 4.79 Å². The summed E-state index contributed by atoms with van der Waals surface area (Å²) in [6.07, 6.45) is 0. The van der Waals surface area contributed by atoms with Crippen molar-refractivity contribution in [3.63, 3.8) is 0 Å². The van der Waals surface area contributed by atoms with Crippen molar-refractivity contribution in [2.45, 2.75) is 13.2 Å². The number of amides is 1. The summed E-state index contributed by atoms with van der Waals surface area (Å²) in [6.45, 7) is -3.57. The summed E-state index contributed by atoms with van der Waals surface area (Å²) in [4.78, 5) is 25.1. The molecule has 0 N–H and O–H groups in total. The molecule has 2 aromatic carbocycles. The molecule has 5 nitrogen and oxygen atoms in total. The van der Waals surface area contributed by atoms with Crippen LogP contribution >= 0.6 is 0 Å². The molecule has 0 spiro atoms. The Morgan fingerprint density at radius 1 is 1.12 bits per heavy atom. The van der Waals surface area contributed by atoms with Crippen molar-refractivity contribution >= 4 is 11.9 Å². The molecule has 0 unspecified atom stereocenters. The molecule has 1 amide bonds. The normalized spacial score (nSPS) is 10.5. The van der Waals surface area contributed by atoms with Gasteiger partial charge in [-0.15, -0.1) is 0 Å². The molecule has 0 saturated carbocycles. The van der Waals surface area contributed by atoms with Gasteiger partial charge in [-0.25, -0.2) is 9.18 Å². The van der Waals surface area contributed by atoms with Gasteiger partial charge in [0.2, 0.25) is 0 Å². The molecule has 26 heavy (non-hydrogen) atoms. The molecule has 0 heterocycles. The van der Waals surface area contributed by atoms with Gasteiger partial charge in [-0.05, 0) is 24.3 Å². The average Bonchev–Trinajstić information content (AvgIpc) is 2.61. The number of likely N-dealkylation sites (N-methyl/N-ethyl adjacent to an activating group) is 1. The largest absolute Gasteiger partial charge is 0.452 e. The van der Waals surface area contributed by atoms with E-state index in [1.807, 2.05) is 0 Å². The number of alkyl halides is 2. The number of hydrogen-bond donors (Lipinski definition) is 0. The number of benzene rings is 2. The smallest absolute Gasteiger partial charge is 0.387 e. The van der Waals surface area contributed by atoms with Gasteiger partial charge in [0.05, 0.1) is 5.56 Å². The quantitative estimate of drug-likeness (QED) is 0.705. The first-order valence-electron chi connectivity index (χ1n) is 7.56. The molecule has 0 aromatic heterocycles. The van der Waals surface area contributed by atoms with E-state index in [-0.39, 0.29) is 17.9 Å². The summed E-state index contributed by atoms with van der Waals surface area (Å²) in [5.74, 6) is -2.05. The van der Waals surface area contributed by atoms with Gasteiger partial charge >= 0.3 is 12.6 Å². The maximum absolute atomic E-state index is 13.6. The van der Waals surface area contributed by atoms with Crippen LogP contribution in [0, 0.1) is 5.82 Å². The summed E-state index contributed by atoms with van der Waals surface area (Å²) in [6, 6.07) is 11.0. The van der Waals surface area contributed by atoms with Gasteiger partial charge in [0, 0.05) is 19.2 Å². The van der Waals surface area contributed by atoms with E-state index in [0.717, 1.165) is 6.07 Å². The highest BCUT2D eigenvalue weighted by molar-refractivity contribution is 5.91. The van der Waals surface area contributed by atoms with Crippen LogP contribution in [-0.2, 0) is 16.1 Å². The van der Waals surface area contributed by atoms with E-state index in [2.05, 4.69) is 4.74 Å². The Bertz CT molecular complexity index is 783. The summed E-state index contributed by atoms with van der Waals surface area (Å²) in [7, 11) is 1.44. The summed E-state index contributed by atoms with van der Waals surface area (Å²) in [5.41, 5.74) is 0.291. The number of hydrogen-bond acceptors (Lipinski definition) is 4. The lowest BCUT2D eigenvalue weighted by Gasteiger charge is -2.17. The van der Waals surface area contributed by atoms with Crippen molar-refractivity contribution in [1.82, 2.24) is 4.90 Å². The van der Waals surface area contributed by atoms with Gasteiger partial charge in [0.1, 0.15) is 11.6 Å². The molecule has 0 aliphatic rings. The van der Waals surface area contributed by atoms with Gasteiger partial charge in [-0.1, -0.05) is 24.3 Å². The van der Waals surface area contributed by atoms with Crippen LogP contribution in [0.3, 0.4) is 0 Å². The molecule has 8 heteroatoms. The predicted molar refractivity (Wildman–Crippen MR) is 86.2 cm³/mol. The van der Waals surface area contributed by atoms with Crippen LogP contribution in [-0.4, -0.2) is 37.0 Å². The Morgan fingerprint density at radius 2 is 1.85 bits per heavy atom. The molecule has 2 aromatic rings. The SMILES string of the molecule is CN(Cc1ccccc1F)C(=O)COC(=O)c1cccc(OC(F)F)c1. The molecule has 0 saturated heterocycles. The second-order valence-corrected chi connectivity index (χ2v) is 5.32. The number of halogens is 3. The first kappa shape index (κ1) is 19.3. The Kier molecular flexibility index (Phi) is 6.60. The lowest BCUT2D eigenvalue weighted by atomic mass is 10.2. The van der Waals surface area contributed by atoms with E-state index >= 15 is 0 Å². The van der Waals surface area contributed by atoms with E-state index in [0.29, 0.717) is 5.56 Å². The highest BCUT2D eigenvalue weighted by Crippen LogP contribution is 2.16. The molecule has 0 radical (unpaired) electrons. The lowest BCUT2D eigenvalue weighted by Crippen LogP contribution is -2.31. The van der Waals surface area contributed by atoms with E-state index < -0.39 is 30.9 Å². The second-order valence-electron chi connectivity index (χ2n) is 5.32. The minimum atomic E-state index is -3.02. The Hall–Kier alpha value is -3.03. The first-order chi connectivity index (χ1) is 12.4. The number of ether oxygens (including phenoxy) is 2. The zero-order valence-electron chi connectivity index (χ0n) is 13.8. The van der Waals surface area contributed by atoms with Crippen molar-refractivity contribution in [3.05, 3.63) is 65.5 Å². The van der Waals surface area contributed by atoms with Crippen LogP contribution in [0.1, 0.15) is 15.9 Å². The van der Waals surface area contributed by atoms with Crippen molar-refractivity contribution in [2.75, 3.05) is 13.7 Å². The van der Waals surface area contributed by atoms with Crippen LogP contribution in [0.4, 0.5) is 13.2 Å². The molecule has 2 rings (SSSR count). The third-order valence-corrected chi connectivity index (χ3v) is 3.41. The number of rotatable bonds is 7.